The van der Waals surface area contributed by atoms with Gasteiger partial charge >= 0.3 is 5.97 Å². The summed E-state index contributed by atoms with van der Waals surface area (Å²) in [6.45, 7) is 2.10. The van der Waals surface area contributed by atoms with Crippen molar-refractivity contribution < 1.29 is 14.3 Å². The molecule has 2 heterocycles. The number of thiophene rings is 1. The van der Waals surface area contributed by atoms with Gasteiger partial charge in [-0.2, -0.15) is 0 Å². The zero-order valence-electron chi connectivity index (χ0n) is 13.9. The third-order valence-electron chi connectivity index (χ3n) is 3.32. The van der Waals surface area contributed by atoms with Gasteiger partial charge in [0.25, 0.3) is 5.91 Å². The first kappa shape index (κ1) is 17.6. The van der Waals surface area contributed by atoms with Crippen molar-refractivity contribution in [2.45, 2.75) is 6.92 Å². The molecule has 0 saturated heterocycles. The molecule has 26 heavy (non-hydrogen) atoms. The zero-order chi connectivity index (χ0) is 18.4. The summed E-state index contributed by atoms with van der Waals surface area (Å²) in [4.78, 5) is 24.2. The Hall–Kier alpha value is -3.26. The van der Waals surface area contributed by atoms with Crippen LogP contribution in [-0.2, 0) is 4.74 Å². The maximum atomic E-state index is 12.0. The van der Waals surface area contributed by atoms with E-state index in [-0.39, 0.29) is 11.9 Å². The second-order valence-electron chi connectivity index (χ2n) is 5.16. The van der Waals surface area contributed by atoms with Gasteiger partial charge in [0.1, 0.15) is 0 Å². The van der Waals surface area contributed by atoms with E-state index in [1.165, 1.54) is 11.3 Å². The molecular weight excluding hydrogens is 352 g/mol. The highest BCUT2D eigenvalue weighted by Gasteiger charge is 2.09. The Balaban J connectivity index is 1.60. The number of rotatable bonds is 6. The van der Waals surface area contributed by atoms with Gasteiger partial charge in [-0.3, -0.25) is 4.79 Å². The average Bonchev–Trinajstić information content (AvgIpc) is 3.19. The van der Waals surface area contributed by atoms with Gasteiger partial charge < -0.3 is 15.4 Å². The molecule has 0 aliphatic heterocycles. The summed E-state index contributed by atoms with van der Waals surface area (Å²) in [6, 6.07) is 13.8. The van der Waals surface area contributed by atoms with Crippen molar-refractivity contribution >= 4 is 40.5 Å². The van der Waals surface area contributed by atoms with E-state index in [4.69, 9.17) is 4.74 Å². The first-order valence-corrected chi connectivity index (χ1v) is 8.76. The lowest BCUT2D eigenvalue weighted by Crippen LogP contribution is -2.12. The van der Waals surface area contributed by atoms with Crippen molar-refractivity contribution in [1.29, 1.82) is 0 Å². The third-order valence-corrected chi connectivity index (χ3v) is 4.19. The van der Waals surface area contributed by atoms with Crippen LogP contribution in [0.2, 0.25) is 0 Å². The molecule has 0 aliphatic carbocycles. The van der Waals surface area contributed by atoms with Gasteiger partial charge in [-0.25, -0.2) is 4.79 Å². The Morgan fingerprint density at radius 1 is 1.04 bits per heavy atom. The van der Waals surface area contributed by atoms with E-state index < -0.39 is 0 Å². The van der Waals surface area contributed by atoms with Crippen LogP contribution in [0, 0.1) is 0 Å². The van der Waals surface area contributed by atoms with Gasteiger partial charge in [0.15, 0.2) is 11.6 Å². The van der Waals surface area contributed by atoms with Crippen LogP contribution in [0.15, 0.2) is 53.9 Å². The number of anilines is 3. The maximum Gasteiger partial charge on any atom is 0.338 e. The number of nitrogens with zero attached hydrogens (tertiary/aromatic N) is 2. The number of carbonyl (C=O) groups excluding carboxylic acids is 2. The van der Waals surface area contributed by atoms with Crippen LogP contribution in [0.25, 0.3) is 0 Å². The normalized spacial score (nSPS) is 10.2. The lowest BCUT2D eigenvalue weighted by atomic mass is 10.2. The molecule has 8 heteroatoms. The molecule has 7 nitrogen and oxygen atoms in total. The molecule has 0 radical (unpaired) electrons. The minimum absolute atomic E-state index is 0.218. The number of esters is 1. The molecule has 0 spiro atoms. The van der Waals surface area contributed by atoms with E-state index in [2.05, 4.69) is 20.8 Å². The first-order valence-electron chi connectivity index (χ1n) is 7.88. The van der Waals surface area contributed by atoms with Gasteiger partial charge in [-0.15, -0.1) is 21.5 Å². The summed E-state index contributed by atoms with van der Waals surface area (Å²) < 4.78 is 4.94. The van der Waals surface area contributed by atoms with Crippen LogP contribution in [0.4, 0.5) is 17.3 Å². The molecule has 3 aromatic rings. The predicted molar refractivity (Wildman–Crippen MR) is 100.0 cm³/mol. The van der Waals surface area contributed by atoms with Crippen LogP contribution in [-0.4, -0.2) is 28.7 Å². The fourth-order valence-corrected chi connectivity index (χ4v) is 2.72. The standard InChI is InChI=1S/C18H16N4O3S/c1-2-25-18(24)12-5-7-13(8-6-12)19-15-9-10-16(22-21-15)20-17(23)14-4-3-11-26-14/h3-11H,2H2,1H3,(H,19,21)(H,20,22,23). The molecule has 1 amide bonds. The van der Waals surface area contributed by atoms with Gasteiger partial charge in [0.05, 0.1) is 17.0 Å². The number of hydrogen-bond donors (Lipinski definition) is 2. The van der Waals surface area contributed by atoms with E-state index in [0.29, 0.717) is 28.7 Å². The number of aromatic nitrogens is 2. The zero-order valence-corrected chi connectivity index (χ0v) is 14.7. The number of nitrogens with one attached hydrogen (secondary N) is 2. The van der Waals surface area contributed by atoms with Crippen molar-refractivity contribution in [2.24, 2.45) is 0 Å². The molecule has 132 valence electrons. The monoisotopic (exact) mass is 368 g/mol. The molecule has 0 fully saturated rings. The molecule has 2 N–H and O–H groups in total. The van der Waals surface area contributed by atoms with Crippen molar-refractivity contribution in [3.05, 3.63) is 64.4 Å². The summed E-state index contributed by atoms with van der Waals surface area (Å²) in [6.07, 6.45) is 0. The van der Waals surface area contributed by atoms with Crippen LogP contribution in [0.5, 0.6) is 0 Å². The molecule has 0 atom stereocenters. The number of amides is 1. The second-order valence-corrected chi connectivity index (χ2v) is 6.11. The van der Waals surface area contributed by atoms with E-state index >= 15 is 0 Å². The number of benzene rings is 1. The highest BCUT2D eigenvalue weighted by Crippen LogP contribution is 2.17. The molecule has 3 rings (SSSR count). The molecular formula is C18H16N4O3S. The highest BCUT2D eigenvalue weighted by atomic mass is 32.1. The summed E-state index contributed by atoms with van der Waals surface area (Å²) in [5.74, 6) is 0.309. The third kappa shape index (κ3) is 4.42. The molecule has 2 aromatic heterocycles. The topological polar surface area (TPSA) is 93.2 Å². The summed E-state index contributed by atoms with van der Waals surface area (Å²) in [7, 11) is 0. The van der Waals surface area contributed by atoms with Crippen LogP contribution >= 0.6 is 11.3 Å². The smallest absolute Gasteiger partial charge is 0.338 e. The van der Waals surface area contributed by atoms with Crippen molar-refractivity contribution in [3.63, 3.8) is 0 Å². The molecule has 0 unspecified atom stereocenters. The van der Waals surface area contributed by atoms with Gasteiger partial charge in [0, 0.05) is 5.69 Å². The number of carbonyl (C=O) groups is 2. The van der Waals surface area contributed by atoms with Crippen molar-refractivity contribution in [2.75, 3.05) is 17.2 Å². The lowest BCUT2D eigenvalue weighted by molar-refractivity contribution is 0.0526. The van der Waals surface area contributed by atoms with Gasteiger partial charge in [-0.05, 0) is 54.8 Å². The summed E-state index contributed by atoms with van der Waals surface area (Å²) in [5.41, 5.74) is 1.23. The number of hydrogen-bond acceptors (Lipinski definition) is 7. The Bertz CT molecular complexity index is 878. The van der Waals surface area contributed by atoms with Crippen molar-refractivity contribution in [1.82, 2.24) is 10.2 Å². The van der Waals surface area contributed by atoms with Crippen LogP contribution in [0.1, 0.15) is 27.0 Å². The minimum Gasteiger partial charge on any atom is -0.462 e. The SMILES string of the molecule is CCOC(=O)c1ccc(Nc2ccc(NC(=O)c3cccs3)nn2)cc1. The first-order chi connectivity index (χ1) is 12.7. The lowest BCUT2D eigenvalue weighted by Gasteiger charge is -2.07. The highest BCUT2D eigenvalue weighted by molar-refractivity contribution is 7.12. The quantitative estimate of drug-likeness (QED) is 0.644. The Morgan fingerprint density at radius 2 is 1.77 bits per heavy atom. The van der Waals surface area contributed by atoms with E-state index in [9.17, 15) is 9.59 Å². The van der Waals surface area contributed by atoms with Crippen LogP contribution in [0.3, 0.4) is 0 Å². The fraction of sp³-hybridized carbons (Fsp3) is 0.111. The van der Waals surface area contributed by atoms with Gasteiger partial charge in [-0.1, -0.05) is 6.07 Å². The number of ether oxygens (including phenoxy) is 1. The molecule has 0 bridgehead atoms. The fourth-order valence-electron chi connectivity index (χ4n) is 2.10. The second kappa shape index (κ2) is 8.21. The Morgan fingerprint density at radius 3 is 2.38 bits per heavy atom. The van der Waals surface area contributed by atoms with E-state index in [0.717, 1.165) is 5.69 Å². The molecule has 1 aromatic carbocycles. The van der Waals surface area contributed by atoms with E-state index in [1.807, 2.05) is 11.4 Å². The van der Waals surface area contributed by atoms with Crippen molar-refractivity contribution in [3.8, 4) is 0 Å². The average molecular weight is 368 g/mol. The van der Waals surface area contributed by atoms with Gasteiger partial charge in [0.2, 0.25) is 0 Å². The Kier molecular flexibility index (Phi) is 5.55. The summed E-state index contributed by atoms with van der Waals surface area (Å²) in [5, 5.41) is 15.6. The minimum atomic E-state index is -0.357. The maximum absolute atomic E-state index is 12.0. The van der Waals surface area contributed by atoms with Crippen LogP contribution < -0.4 is 10.6 Å². The predicted octanol–water partition coefficient (Wildman–Crippen LogP) is 3.71. The molecule has 0 saturated carbocycles. The largest absolute Gasteiger partial charge is 0.462 e. The van der Waals surface area contributed by atoms with E-state index in [1.54, 1.807) is 49.4 Å². The summed E-state index contributed by atoms with van der Waals surface area (Å²) >= 11 is 1.36. The molecule has 0 aliphatic rings. The Labute approximate surface area is 154 Å².